The molecule has 0 fully saturated rings. The van der Waals surface area contributed by atoms with E-state index in [2.05, 4.69) is 0 Å². The molecule has 0 aromatic heterocycles. The lowest BCUT2D eigenvalue weighted by molar-refractivity contribution is 0.0568. The molecule has 0 unspecified atom stereocenters. The van der Waals surface area contributed by atoms with Gasteiger partial charge in [-0.05, 0) is 30.5 Å². The number of thioether (sulfide) groups is 1. The predicted octanol–water partition coefficient (Wildman–Crippen LogP) is 2.83. The topological polar surface area (TPSA) is 26.3 Å². The molecule has 0 aliphatic rings. The SMILES string of the molecule is COc1ccc(C(=O)C(F)(F)SC)cc1. The minimum Gasteiger partial charge on any atom is -0.497 e. The Kier molecular flexibility index (Phi) is 3.68. The molecule has 0 aliphatic heterocycles. The first-order valence-electron chi connectivity index (χ1n) is 4.13. The minimum atomic E-state index is -3.37. The molecule has 15 heavy (non-hydrogen) atoms. The van der Waals surface area contributed by atoms with Crippen LogP contribution >= 0.6 is 11.8 Å². The van der Waals surface area contributed by atoms with E-state index < -0.39 is 11.0 Å². The zero-order chi connectivity index (χ0) is 11.5. The van der Waals surface area contributed by atoms with E-state index >= 15 is 0 Å². The van der Waals surface area contributed by atoms with Crippen LogP contribution < -0.4 is 4.74 Å². The quantitative estimate of drug-likeness (QED) is 0.747. The maximum Gasteiger partial charge on any atom is 0.355 e. The molecule has 1 rings (SSSR count). The highest BCUT2D eigenvalue weighted by molar-refractivity contribution is 8.00. The van der Waals surface area contributed by atoms with Crippen molar-refractivity contribution in [3.05, 3.63) is 29.8 Å². The predicted molar refractivity (Wildman–Crippen MR) is 55.8 cm³/mol. The molecule has 0 heterocycles. The Morgan fingerprint density at radius 2 is 1.87 bits per heavy atom. The zero-order valence-electron chi connectivity index (χ0n) is 8.29. The highest BCUT2D eigenvalue weighted by Gasteiger charge is 2.38. The van der Waals surface area contributed by atoms with Crippen LogP contribution in [0.2, 0.25) is 0 Å². The van der Waals surface area contributed by atoms with Gasteiger partial charge in [-0.15, -0.1) is 0 Å². The third kappa shape index (κ3) is 2.68. The summed E-state index contributed by atoms with van der Waals surface area (Å²) in [6.07, 6.45) is 1.20. The van der Waals surface area contributed by atoms with Crippen molar-refractivity contribution in [3.8, 4) is 5.75 Å². The van der Waals surface area contributed by atoms with Gasteiger partial charge >= 0.3 is 5.25 Å². The average molecular weight is 232 g/mol. The largest absolute Gasteiger partial charge is 0.497 e. The Labute approximate surface area is 90.6 Å². The van der Waals surface area contributed by atoms with Crippen molar-refractivity contribution in [2.24, 2.45) is 0 Å². The number of carbonyl (C=O) groups excluding carboxylic acids is 1. The van der Waals surface area contributed by atoms with Crippen molar-refractivity contribution >= 4 is 17.5 Å². The maximum absolute atomic E-state index is 13.0. The fourth-order valence-electron chi connectivity index (χ4n) is 1.00. The van der Waals surface area contributed by atoms with Crippen molar-refractivity contribution in [1.82, 2.24) is 0 Å². The summed E-state index contributed by atoms with van der Waals surface area (Å²) in [5.41, 5.74) is -0.0184. The number of ether oxygens (including phenoxy) is 1. The van der Waals surface area contributed by atoms with Gasteiger partial charge in [-0.3, -0.25) is 4.79 Å². The van der Waals surface area contributed by atoms with Crippen molar-refractivity contribution in [2.45, 2.75) is 5.25 Å². The summed E-state index contributed by atoms with van der Waals surface area (Å²) in [5.74, 6) is -0.656. The van der Waals surface area contributed by atoms with E-state index in [0.29, 0.717) is 5.75 Å². The lowest BCUT2D eigenvalue weighted by Crippen LogP contribution is -2.24. The molecule has 0 saturated heterocycles. The molecule has 0 amide bonds. The fraction of sp³-hybridized carbons (Fsp3) is 0.300. The van der Waals surface area contributed by atoms with Gasteiger partial charge in [0, 0.05) is 5.56 Å². The summed E-state index contributed by atoms with van der Waals surface area (Å²) >= 11 is 0.226. The molecule has 1 aromatic carbocycles. The van der Waals surface area contributed by atoms with Gasteiger partial charge < -0.3 is 4.74 Å². The van der Waals surface area contributed by atoms with Gasteiger partial charge in [0.2, 0.25) is 5.78 Å². The first kappa shape index (κ1) is 12.0. The highest BCUT2D eigenvalue weighted by atomic mass is 32.2. The Morgan fingerprint density at radius 1 is 1.33 bits per heavy atom. The molecule has 0 atom stereocenters. The number of Topliss-reactive ketones (excluding diaryl/α,β-unsaturated/α-hetero) is 1. The van der Waals surface area contributed by atoms with Crippen LogP contribution in [0.5, 0.6) is 5.75 Å². The number of rotatable bonds is 4. The van der Waals surface area contributed by atoms with E-state index in [1.54, 1.807) is 0 Å². The molecular formula is C10H10F2O2S. The standard InChI is InChI=1S/C10H10F2O2S/c1-14-8-5-3-7(4-6-8)9(13)10(11,12)15-2/h3-6H,1-2H3. The lowest BCUT2D eigenvalue weighted by Gasteiger charge is -2.11. The van der Waals surface area contributed by atoms with E-state index in [1.165, 1.54) is 37.6 Å². The van der Waals surface area contributed by atoms with Crippen LogP contribution in [0, 0.1) is 0 Å². The maximum atomic E-state index is 13.0. The summed E-state index contributed by atoms with van der Waals surface area (Å²) < 4.78 is 30.9. The van der Waals surface area contributed by atoms with Gasteiger partial charge in [0.15, 0.2) is 0 Å². The number of hydrogen-bond donors (Lipinski definition) is 0. The third-order valence-corrected chi connectivity index (χ3v) is 2.57. The summed E-state index contributed by atoms with van der Waals surface area (Å²) in [5, 5.41) is -3.37. The van der Waals surface area contributed by atoms with E-state index in [0.717, 1.165) is 0 Å². The van der Waals surface area contributed by atoms with Gasteiger partial charge in [-0.25, -0.2) is 0 Å². The number of alkyl halides is 2. The summed E-state index contributed by atoms with van der Waals surface area (Å²) in [6, 6.07) is 5.60. The molecule has 0 spiro atoms. The fourth-order valence-corrected chi connectivity index (χ4v) is 1.31. The second kappa shape index (κ2) is 4.61. The highest BCUT2D eigenvalue weighted by Crippen LogP contribution is 2.30. The van der Waals surface area contributed by atoms with Crippen molar-refractivity contribution in [1.29, 1.82) is 0 Å². The van der Waals surface area contributed by atoms with E-state index in [-0.39, 0.29) is 17.3 Å². The first-order valence-corrected chi connectivity index (χ1v) is 5.35. The molecule has 0 radical (unpaired) electrons. The monoisotopic (exact) mass is 232 g/mol. The van der Waals surface area contributed by atoms with Crippen molar-refractivity contribution in [2.75, 3.05) is 13.4 Å². The molecule has 1 aromatic rings. The lowest BCUT2D eigenvalue weighted by atomic mass is 10.1. The van der Waals surface area contributed by atoms with Crippen molar-refractivity contribution in [3.63, 3.8) is 0 Å². The van der Waals surface area contributed by atoms with Gasteiger partial charge in [0.1, 0.15) is 5.75 Å². The summed E-state index contributed by atoms with van der Waals surface area (Å²) in [7, 11) is 1.47. The Hall–Kier alpha value is -1.10. The van der Waals surface area contributed by atoms with Crippen LogP contribution in [0.4, 0.5) is 8.78 Å². The minimum absolute atomic E-state index is 0.0184. The Bertz CT molecular complexity index is 349. The van der Waals surface area contributed by atoms with Crippen LogP contribution in [0.25, 0.3) is 0 Å². The summed E-state index contributed by atoms with van der Waals surface area (Å²) in [6.45, 7) is 0. The second-order valence-corrected chi connectivity index (χ2v) is 3.70. The average Bonchev–Trinajstić information content (AvgIpc) is 2.28. The molecule has 5 heteroatoms. The van der Waals surface area contributed by atoms with Gasteiger partial charge in [0.25, 0.3) is 0 Å². The van der Waals surface area contributed by atoms with E-state index in [9.17, 15) is 13.6 Å². The zero-order valence-corrected chi connectivity index (χ0v) is 9.11. The molecule has 2 nitrogen and oxygen atoms in total. The van der Waals surface area contributed by atoms with Crippen LogP contribution in [0.3, 0.4) is 0 Å². The number of benzene rings is 1. The number of ketones is 1. The third-order valence-electron chi connectivity index (χ3n) is 1.87. The normalized spacial score (nSPS) is 11.2. The molecule has 82 valence electrons. The van der Waals surface area contributed by atoms with Gasteiger partial charge in [-0.2, -0.15) is 8.78 Å². The Balaban J connectivity index is 2.92. The van der Waals surface area contributed by atoms with Crippen LogP contribution in [0.1, 0.15) is 10.4 Å². The van der Waals surface area contributed by atoms with Crippen LogP contribution in [0.15, 0.2) is 24.3 Å². The molecule has 0 bridgehead atoms. The molecule has 0 saturated carbocycles. The molecule has 0 aliphatic carbocycles. The first-order chi connectivity index (χ1) is 7.01. The van der Waals surface area contributed by atoms with Gasteiger partial charge in [-0.1, -0.05) is 11.8 Å². The van der Waals surface area contributed by atoms with Gasteiger partial charge in [0.05, 0.1) is 7.11 Å². The van der Waals surface area contributed by atoms with Crippen LogP contribution in [-0.2, 0) is 0 Å². The number of halogens is 2. The molecular weight excluding hydrogens is 222 g/mol. The summed E-state index contributed by atoms with van der Waals surface area (Å²) in [4.78, 5) is 11.3. The number of hydrogen-bond acceptors (Lipinski definition) is 3. The van der Waals surface area contributed by atoms with E-state index in [4.69, 9.17) is 4.74 Å². The molecule has 0 N–H and O–H groups in total. The number of methoxy groups -OCH3 is 1. The van der Waals surface area contributed by atoms with Crippen LogP contribution in [-0.4, -0.2) is 24.4 Å². The Morgan fingerprint density at radius 3 is 2.27 bits per heavy atom. The number of carbonyl (C=O) groups is 1. The van der Waals surface area contributed by atoms with E-state index in [1.807, 2.05) is 0 Å². The smallest absolute Gasteiger partial charge is 0.355 e. The van der Waals surface area contributed by atoms with Crippen molar-refractivity contribution < 1.29 is 18.3 Å². The second-order valence-electron chi connectivity index (χ2n) is 2.78.